The Balaban J connectivity index is 2.43. The highest BCUT2D eigenvalue weighted by molar-refractivity contribution is 7.98. The van der Waals surface area contributed by atoms with Gasteiger partial charge < -0.3 is 10.1 Å². The summed E-state index contributed by atoms with van der Waals surface area (Å²) in [5.74, 6) is 0.896. The molecule has 0 aliphatic rings. The number of esters is 1. The fourth-order valence-electron chi connectivity index (χ4n) is 1.71. The average molecular weight is 267 g/mol. The van der Waals surface area contributed by atoms with E-state index in [1.54, 1.807) is 11.8 Å². The predicted molar refractivity (Wildman–Crippen MR) is 76.7 cm³/mol. The van der Waals surface area contributed by atoms with Crippen LogP contribution in [0.3, 0.4) is 0 Å². The number of thioether (sulfide) groups is 1. The number of ether oxygens (including phenoxy) is 1. The summed E-state index contributed by atoms with van der Waals surface area (Å²) in [5.41, 5.74) is 1.18. The maximum absolute atomic E-state index is 11.6. The van der Waals surface area contributed by atoms with Crippen molar-refractivity contribution in [3.8, 4) is 0 Å². The van der Waals surface area contributed by atoms with Gasteiger partial charge in [-0.3, -0.25) is 4.79 Å². The van der Waals surface area contributed by atoms with Crippen LogP contribution in [0.2, 0.25) is 0 Å². The second-order valence-corrected chi connectivity index (χ2v) is 5.06. The Morgan fingerprint density at radius 1 is 1.39 bits per heavy atom. The molecule has 100 valence electrons. The topological polar surface area (TPSA) is 38.3 Å². The summed E-state index contributed by atoms with van der Waals surface area (Å²) in [6.45, 7) is 0.694. The molecule has 1 aromatic rings. The summed E-state index contributed by atoms with van der Waals surface area (Å²) in [7, 11) is 1.44. The number of carbonyl (C=O) groups is 1. The van der Waals surface area contributed by atoms with E-state index in [4.69, 9.17) is 4.74 Å². The molecule has 3 nitrogen and oxygen atoms in total. The molecule has 4 heteroatoms. The summed E-state index contributed by atoms with van der Waals surface area (Å²) < 4.78 is 4.82. The van der Waals surface area contributed by atoms with E-state index in [9.17, 15) is 4.79 Å². The molecule has 0 heterocycles. The molecule has 0 aliphatic carbocycles. The van der Waals surface area contributed by atoms with E-state index in [1.807, 2.05) is 30.3 Å². The fourth-order valence-corrected chi connectivity index (χ4v) is 2.17. The van der Waals surface area contributed by atoms with Gasteiger partial charge in [-0.25, -0.2) is 0 Å². The number of hydrogen-bond acceptors (Lipinski definition) is 4. The van der Waals surface area contributed by atoms with E-state index in [1.165, 1.54) is 12.7 Å². The van der Waals surface area contributed by atoms with Gasteiger partial charge in [0.2, 0.25) is 0 Å². The SMILES string of the molecule is COC(=O)C(CCCSC)NCc1ccccc1. The zero-order valence-electron chi connectivity index (χ0n) is 11.0. The Labute approximate surface area is 113 Å². The van der Waals surface area contributed by atoms with E-state index < -0.39 is 0 Å². The standard InChI is InChI=1S/C14H21NO2S/c1-17-14(16)13(9-6-10-18-2)15-11-12-7-4-3-5-8-12/h3-5,7-8,13,15H,6,9-11H2,1-2H3. The number of carbonyl (C=O) groups excluding carboxylic acids is 1. The van der Waals surface area contributed by atoms with Gasteiger partial charge in [-0.15, -0.1) is 0 Å². The van der Waals surface area contributed by atoms with E-state index in [-0.39, 0.29) is 12.0 Å². The highest BCUT2D eigenvalue weighted by atomic mass is 32.2. The molecule has 0 fully saturated rings. The summed E-state index contributed by atoms with van der Waals surface area (Å²) in [5, 5.41) is 3.26. The second-order valence-electron chi connectivity index (χ2n) is 4.08. The lowest BCUT2D eigenvalue weighted by molar-refractivity contribution is -0.143. The van der Waals surface area contributed by atoms with Crippen LogP contribution in [0.25, 0.3) is 0 Å². The Morgan fingerprint density at radius 2 is 2.11 bits per heavy atom. The zero-order chi connectivity index (χ0) is 13.2. The van der Waals surface area contributed by atoms with Crippen molar-refractivity contribution in [3.05, 3.63) is 35.9 Å². The minimum Gasteiger partial charge on any atom is -0.468 e. The molecule has 0 spiro atoms. The van der Waals surface area contributed by atoms with Crippen LogP contribution in [0.1, 0.15) is 18.4 Å². The molecular weight excluding hydrogens is 246 g/mol. The van der Waals surface area contributed by atoms with Crippen molar-refractivity contribution < 1.29 is 9.53 Å². The van der Waals surface area contributed by atoms with Crippen molar-refractivity contribution in [3.63, 3.8) is 0 Å². The molecular formula is C14H21NO2S. The van der Waals surface area contributed by atoms with E-state index >= 15 is 0 Å². The normalized spacial score (nSPS) is 12.1. The van der Waals surface area contributed by atoms with Gasteiger partial charge in [0.1, 0.15) is 6.04 Å². The average Bonchev–Trinajstić information content (AvgIpc) is 2.43. The Bertz CT molecular complexity index is 343. The maximum Gasteiger partial charge on any atom is 0.322 e. The van der Waals surface area contributed by atoms with Crippen LogP contribution in [0, 0.1) is 0 Å². The van der Waals surface area contributed by atoms with Gasteiger partial charge >= 0.3 is 5.97 Å². The first-order chi connectivity index (χ1) is 8.77. The molecule has 0 aliphatic heterocycles. The van der Waals surface area contributed by atoms with Gasteiger partial charge in [0.05, 0.1) is 7.11 Å². The molecule has 0 saturated carbocycles. The van der Waals surface area contributed by atoms with Gasteiger partial charge in [0.15, 0.2) is 0 Å². The van der Waals surface area contributed by atoms with Crippen LogP contribution in [-0.4, -0.2) is 31.1 Å². The molecule has 1 atom stereocenters. The maximum atomic E-state index is 11.6. The monoisotopic (exact) mass is 267 g/mol. The molecule has 0 saturated heterocycles. The van der Waals surface area contributed by atoms with Crippen molar-refractivity contribution in [2.24, 2.45) is 0 Å². The predicted octanol–water partition coefficient (Wildman–Crippen LogP) is 2.46. The molecule has 0 bridgehead atoms. The minimum absolute atomic E-state index is 0.174. The number of nitrogens with one attached hydrogen (secondary N) is 1. The summed E-state index contributed by atoms with van der Waals surface area (Å²) in [6.07, 6.45) is 3.91. The molecule has 1 aromatic carbocycles. The minimum atomic E-state index is -0.206. The van der Waals surface area contributed by atoms with Gasteiger partial charge in [0, 0.05) is 6.54 Å². The van der Waals surface area contributed by atoms with Crippen LogP contribution in [0.4, 0.5) is 0 Å². The lowest BCUT2D eigenvalue weighted by Crippen LogP contribution is -2.37. The Hall–Kier alpha value is -1.00. The van der Waals surface area contributed by atoms with Gasteiger partial charge in [-0.2, -0.15) is 11.8 Å². The fraction of sp³-hybridized carbons (Fsp3) is 0.500. The molecule has 0 amide bonds. The van der Waals surface area contributed by atoms with E-state index in [0.717, 1.165) is 18.6 Å². The summed E-state index contributed by atoms with van der Waals surface area (Å²) in [6, 6.07) is 9.87. The highest BCUT2D eigenvalue weighted by Crippen LogP contribution is 2.06. The number of methoxy groups -OCH3 is 1. The van der Waals surface area contributed by atoms with Crippen LogP contribution < -0.4 is 5.32 Å². The van der Waals surface area contributed by atoms with Gasteiger partial charge in [-0.1, -0.05) is 30.3 Å². The number of hydrogen-bond donors (Lipinski definition) is 1. The third-order valence-electron chi connectivity index (χ3n) is 2.72. The van der Waals surface area contributed by atoms with Crippen LogP contribution in [0.15, 0.2) is 30.3 Å². The zero-order valence-corrected chi connectivity index (χ0v) is 11.8. The van der Waals surface area contributed by atoms with Gasteiger partial charge in [0.25, 0.3) is 0 Å². The molecule has 1 N–H and O–H groups in total. The van der Waals surface area contributed by atoms with Crippen molar-refractivity contribution in [2.75, 3.05) is 19.1 Å². The largest absolute Gasteiger partial charge is 0.468 e. The second kappa shape index (κ2) is 9.00. The molecule has 18 heavy (non-hydrogen) atoms. The van der Waals surface area contributed by atoms with Crippen LogP contribution >= 0.6 is 11.8 Å². The van der Waals surface area contributed by atoms with E-state index in [0.29, 0.717) is 6.54 Å². The lowest BCUT2D eigenvalue weighted by atomic mass is 10.1. The van der Waals surface area contributed by atoms with Crippen molar-refractivity contribution >= 4 is 17.7 Å². The van der Waals surface area contributed by atoms with Crippen molar-refractivity contribution in [1.82, 2.24) is 5.32 Å². The summed E-state index contributed by atoms with van der Waals surface area (Å²) >= 11 is 1.80. The number of rotatable bonds is 8. The van der Waals surface area contributed by atoms with Gasteiger partial charge in [-0.05, 0) is 30.4 Å². The van der Waals surface area contributed by atoms with Crippen molar-refractivity contribution in [2.45, 2.75) is 25.4 Å². The molecule has 0 aromatic heterocycles. The highest BCUT2D eigenvalue weighted by Gasteiger charge is 2.17. The molecule has 1 rings (SSSR count). The van der Waals surface area contributed by atoms with Crippen molar-refractivity contribution in [1.29, 1.82) is 0 Å². The summed E-state index contributed by atoms with van der Waals surface area (Å²) in [4.78, 5) is 11.6. The number of benzene rings is 1. The van der Waals surface area contributed by atoms with Crippen LogP contribution in [-0.2, 0) is 16.1 Å². The molecule has 0 radical (unpaired) electrons. The van der Waals surface area contributed by atoms with Crippen LogP contribution in [0.5, 0.6) is 0 Å². The Kier molecular flexibility index (Phi) is 7.53. The first-order valence-electron chi connectivity index (χ1n) is 6.12. The third-order valence-corrected chi connectivity index (χ3v) is 3.42. The first-order valence-corrected chi connectivity index (χ1v) is 7.51. The quantitative estimate of drug-likeness (QED) is 0.580. The first kappa shape index (κ1) is 15.1. The third kappa shape index (κ3) is 5.56. The van der Waals surface area contributed by atoms with E-state index in [2.05, 4.69) is 11.6 Å². The smallest absolute Gasteiger partial charge is 0.322 e. The molecule has 1 unspecified atom stereocenters. The lowest BCUT2D eigenvalue weighted by Gasteiger charge is -2.16. The Morgan fingerprint density at radius 3 is 2.72 bits per heavy atom.